The number of benzene rings is 1. The lowest BCUT2D eigenvalue weighted by atomic mass is 10.1. The largest absolute Gasteiger partial charge is 0.325 e. The van der Waals surface area contributed by atoms with Crippen molar-refractivity contribution >= 4 is 23.6 Å². The average molecular weight is 354 g/mol. The number of likely N-dealkylation sites (N-methyl/N-ethyl adjacent to an activating group) is 1. The summed E-state index contributed by atoms with van der Waals surface area (Å²) in [6.45, 7) is 4.29. The molecule has 0 radical (unpaired) electrons. The number of aliphatic imine (C=N–C) groups is 1. The molecule has 3 amide bonds. The van der Waals surface area contributed by atoms with Gasteiger partial charge in [0.15, 0.2) is 12.2 Å². The lowest BCUT2D eigenvalue weighted by Crippen LogP contribution is -2.64. The summed E-state index contributed by atoms with van der Waals surface area (Å²) in [5, 5.41) is 6.76. The monoisotopic (exact) mass is 354 g/mol. The average Bonchev–Trinajstić information content (AvgIpc) is 3.02. The van der Waals surface area contributed by atoms with Crippen LogP contribution in [0.1, 0.15) is 19.4 Å². The topological polar surface area (TPSA) is 89.4 Å². The second-order valence-corrected chi connectivity index (χ2v) is 6.11. The number of amides is 3. The van der Waals surface area contributed by atoms with Crippen molar-refractivity contribution < 1.29 is 9.59 Å². The highest BCUT2D eigenvalue weighted by atomic mass is 16.2. The molecule has 2 atom stereocenters. The fourth-order valence-electron chi connectivity index (χ4n) is 2.92. The molecule has 26 heavy (non-hydrogen) atoms. The van der Waals surface area contributed by atoms with Crippen LogP contribution in [0.2, 0.25) is 0 Å². The zero-order valence-electron chi connectivity index (χ0n) is 15.0. The van der Waals surface area contributed by atoms with Crippen molar-refractivity contribution in [3.05, 3.63) is 48.0 Å². The predicted molar refractivity (Wildman–Crippen MR) is 99.6 cm³/mol. The third-order valence-electron chi connectivity index (χ3n) is 4.41. The van der Waals surface area contributed by atoms with E-state index in [4.69, 9.17) is 0 Å². The highest BCUT2D eigenvalue weighted by Crippen LogP contribution is 2.23. The number of allylic oxidation sites excluding steroid dienone is 1. The molecule has 2 heterocycles. The van der Waals surface area contributed by atoms with E-state index in [1.807, 2.05) is 61.2 Å². The van der Waals surface area contributed by atoms with Crippen molar-refractivity contribution in [1.29, 1.82) is 0 Å². The van der Waals surface area contributed by atoms with Gasteiger partial charge in [0.05, 0.1) is 5.71 Å². The Hall–Kier alpha value is -3.16. The van der Waals surface area contributed by atoms with E-state index in [0.29, 0.717) is 12.5 Å². The molecule has 1 aromatic carbocycles. The van der Waals surface area contributed by atoms with Gasteiger partial charge in [0.1, 0.15) is 0 Å². The summed E-state index contributed by atoms with van der Waals surface area (Å²) in [6, 6.07) is 8.74. The number of guanidine groups is 1. The van der Waals surface area contributed by atoms with Gasteiger partial charge in [0, 0.05) is 13.6 Å². The van der Waals surface area contributed by atoms with E-state index in [9.17, 15) is 9.59 Å². The first-order valence-corrected chi connectivity index (χ1v) is 8.42. The number of imide groups is 1. The third kappa shape index (κ3) is 3.30. The zero-order valence-corrected chi connectivity index (χ0v) is 15.0. The molecule has 2 unspecified atom stereocenters. The third-order valence-corrected chi connectivity index (χ3v) is 4.41. The summed E-state index contributed by atoms with van der Waals surface area (Å²) >= 11 is 0. The molecule has 0 aliphatic carbocycles. The molecule has 1 fully saturated rings. The van der Waals surface area contributed by atoms with Crippen LogP contribution in [0.5, 0.6) is 0 Å². The maximum Gasteiger partial charge on any atom is 0.325 e. The molecule has 8 nitrogen and oxygen atoms in total. The van der Waals surface area contributed by atoms with Crippen LogP contribution in [0.3, 0.4) is 0 Å². The first kappa shape index (κ1) is 17.7. The summed E-state index contributed by atoms with van der Waals surface area (Å²) in [6.07, 6.45) is 3.26. The van der Waals surface area contributed by atoms with Gasteiger partial charge in [0.25, 0.3) is 5.91 Å². The van der Waals surface area contributed by atoms with E-state index in [0.717, 1.165) is 11.3 Å². The number of hydrogen-bond donors (Lipinski definition) is 2. The second-order valence-electron chi connectivity index (χ2n) is 6.11. The van der Waals surface area contributed by atoms with E-state index >= 15 is 0 Å². The van der Waals surface area contributed by atoms with Crippen LogP contribution >= 0.6 is 0 Å². The van der Waals surface area contributed by atoms with Crippen molar-refractivity contribution in [2.75, 3.05) is 13.6 Å². The van der Waals surface area contributed by atoms with Crippen LogP contribution in [-0.2, 0) is 4.79 Å². The molecule has 2 aliphatic heterocycles. The Morgan fingerprint density at radius 1 is 1.35 bits per heavy atom. The predicted octanol–water partition coefficient (Wildman–Crippen LogP) is 1.12. The molecule has 0 saturated carbocycles. The lowest BCUT2D eigenvalue weighted by molar-refractivity contribution is -0.126. The Labute approximate surface area is 152 Å². The van der Waals surface area contributed by atoms with E-state index < -0.39 is 18.2 Å². The molecule has 1 saturated heterocycles. The van der Waals surface area contributed by atoms with Crippen LogP contribution in [0, 0.1) is 0 Å². The maximum absolute atomic E-state index is 12.3. The number of hydrogen-bond acceptors (Lipinski definition) is 6. The number of nitrogens with zero attached hydrogens (tertiary/aromatic N) is 4. The molecule has 0 spiro atoms. The molecule has 3 rings (SSSR count). The number of rotatable bonds is 4. The van der Waals surface area contributed by atoms with Gasteiger partial charge in [-0.25, -0.2) is 15.2 Å². The Morgan fingerprint density at radius 2 is 2.08 bits per heavy atom. The minimum absolute atomic E-state index is 0.355. The second kappa shape index (κ2) is 7.38. The number of carbonyl (C=O) groups excluding carboxylic acids is 2. The SMILES string of the molecule is C/C=C/CN1C(N/N=C(/C)c2ccccc2)=NC2C1C(=O)NC(=O)N2C. The number of fused-ring (bicyclic) bond motifs is 1. The highest BCUT2D eigenvalue weighted by Gasteiger charge is 2.48. The van der Waals surface area contributed by atoms with Crippen molar-refractivity contribution in [1.82, 2.24) is 20.5 Å². The Bertz CT molecular complexity index is 786. The van der Waals surface area contributed by atoms with Crippen molar-refractivity contribution in [2.24, 2.45) is 10.1 Å². The van der Waals surface area contributed by atoms with E-state index in [-0.39, 0.29) is 5.91 Å². The smallest absolute Gasteiger partial charge is 0.322 e. The van der Waals surface area contributed by atoms with Crippen molar-refractivity contribution in [3.63, 3.8) is 0 Å². The van der Waals surface area contributed by atoms with E-state index in [1.165, 1.54) is 4.90 Å². The van der Waals surface area contributed by atoms with Gasteiger partial charge < -0.3 is 9.80 Å². The number of hydrazone groups is 1. The standard InChI is InChI=1S/C18H22N6O2/c1-4-5-11-24-14-15(23(3)18(26)20-16(14)25)19-17(24)22-21-12(2)13-9-7-6-8-10-13/h4-10,14-15H,11H2,1-3H3,(H,19,22)(H,20,25,26)/b5-4+,21-12-. The molecule has 8 heteroatoms. The van der Waals surface area contributed by atoms with Gasteiger partial charge in [0.2, 0.25) is 5.96 Å². The molecule has 136 valence electrons. The van der Waals surface area contributed by atoms with E-state index in [2.05, 4.69) is 20.8 Å². The summed E-state index contributed by atoms with van der Waals surface area (Å²) in [5.74, 6) is 0.108. The minimum Gasteiger partial charge on any atom is -0.322 e. The minimum atomic E-state index is -0.580. The number of carbonyl (C=O) groups is 2. The van der Waals surface area contributed by atoms with Gasteiger partial charge in [-0.15, -0.1) is 0 Å². The molecule has 1 aromatic rings. The van der Waals surface area contributed by atoms with Gasteiger partial charge in [-0.2, -0.15) is 5.10 Å². The molecule has 2 aliphatic rings. The van der Waals surface area contributed by atoms with Gasteiger partial charge in [-0.3, -0.25) is 10.1 Å². The normalized spacial score (nSPS) is 23.2. The quantitative estimate of drug-likeness (QED) is 0.482. The summed E-state index contributed by atoms with van der Waals surface area (Å²) < 4.78 is 0. The Kier molecular flexibility index (Phi) is 5.01. The Balaban J connectivity index is 1.85. The highest BCUT2D eigenvalue weighted by molar-refractivity contribution is 6.04. The fourth-order valence-corrected chi connectivity index (χ4v) is 2.92. The van der Waals surface area contributed by atoms with Crippen molar-refractivity contribution in [3.8, 4) is 0 Å². The fraction of sp³-hybridized carbons (Fsp3) is 0.333. The van der Waals surface area contributed by atoms with Crippen LogP contribution < -0.4 is 10.7 Å². The van der Waals surface area contributed by atoms with Crippen LogP contribution in [-0.4, -0.2) is 59.2 Å². The Morgan fingerprint density at radius 3 is 2.77 bits per heavy atom. The van der Waals surface area contributed by atoms with E-state index in [1.54, 1.807) is 7.05 Å². The van der Waals surface area contributed by atoms with Gasteiger partial charge in [-0.1, -0.05) is 42.5 Å². The lowest BCUT2D eigenvalue weighted by Gasteiger charge is -2.35. The molecule has 2 N–H and O–H groups in total. The van der Waals surface area contributed by atoms with Gasteiger partial charge >= 0.3 is 6.03 Å². The zero-order chi connectivity index (χ0) is 18.7. The first-order valence-electron chi connectivity index (χ1n) is 8.42. The summed E-state index contributed by atoms with van der Waals surface area (Å²) in [4.78, 5) is 32.0. The van der Waals surface area contributed by atoms with Gasteiger partial charge in [-0.05, 0) is 19.4 Å². The molecule has 0 bridgehead atoms. The van der Waals surface area contributed by atoms with Crippen LogP contribution in [0.4, 0.5) is 4.79 Å². The van der Waals surface area contributed by atoms with Crippen LogP contribution in [0.25, 0.3) is 0 Å². The molecular formula is C18H22N6O2. The van der Waals surface area contributed by atoms with Crippen LogP contribution in [0.15, 0.2) is 52.6 Å². The number of urea groups is 1. The summed E-state index contributed by atoms with van der Waals surface area (Å²) in [7, 11) is 1.62. The molecular weight excluding hydrogens is 332 g/mol. The summed E-state index contributed by atoms with van der Waals surface area (Å²) in [5.41, 5.74) is 4.74. The maximum atomic E-state index is 12.3. The first-order chi connectivity index (χ1) is 12.5. The molecule has 0 aromatic heterocycles. The van der Waals surface area contributed by atoms with Crippen molar-refractivity contribution in [2.45, 2.75) is 26.1 Å². The number of nitrogens with one attached hydrogen (secondary N) is 2.